The SMILES string of the molecule is CC(C)O[SiH2]C#Cc1cccc(C#C[SiH2]OC(C)C)c1. The minimum atomic E-state index is -0.731. The first kappa shape index (κ1) is 16.7. The van der Waals surface area contributed by atoms with Gasteiger partial charge in [-0.2, -0.15) is 0 Å². The van der Waals surface area contributed by atoms with E-state index in [1.165, 1.54) is 0 Å². The molecular formula is C16H22O2Si2. The third kappa shape index (κ3) is 7.98. The van der Waals surface area contributed by atoms with E-state index >= 15 is 0 Å². The van der Waals surface area contributed by atoms with Gasteiger partial charge in [-0.3, -0.25) is 0 Å². The first-order valence-electron chi connectivity index (χ1n) is 6.89. The van der Waals surface area contributed by atoms with E-state index in [1.807, 2.05) is 52.0 Å². The van der Waals surface area contributed by atoms with Crippen LogP contribution < -0.4 is 0 Å². The minimum Gasteiger partial charge on any atom is -0.408 e. The molecule has 0 amide bonds. The maximum Gasteiger partial charge on any atom is 0.241 e. The predicted molar refractivity (Wildman–Crippen MR) is 89.7 cm³/mol. The fourth-order valence-electron chi connectivity index (χ4n) is 1.37. The van der Waals surface area contributed by atoms with Gasteiger partial charge in [-0.15, -0.1) is 0 Å². The Morgan fingerprint density at radius 2 is 1.30 bits per heavy atom. The largest absolute Gasteiger partial charge is 0.408 e. The molecule has 0 fully saturated rings. The van der Waals surface area contributed by atoms with Gasteiger partial charge in [0.15, 0.2) is 0 Å². The van der Waals surface area contributed by atoms with Crippen LogP contribution in [0.5, 0.6) is 0 Å². The molecule has 0 aliphatic carbocycles. The molecule has 0 N–H and O–H groups in total. The van der Waals surface area contributed by atoms with Crippen LogP contribution in [0, 0.1) is 22.9 Å². The van der Waals surface area contributed by atoms with E-state index in [1.54, 1.807) is 0 Å². The molecule has 0 saturated carbocycles. The molecule has 0 aromatic heterocycles. The molecule has 0 aliphatic heterocycles. The molecule has 0 saturated heterocycles. The van der Waals surface area contributed by atoms with Crippen molar-refractivity contribution in [2.45, 2.75) is 39.9 Å². The lowest BCUT2D eigenvalue weighted by molar-refractivity contribution is 0.260. The molecule has 1 rings (SSSR count). The van der Waals surface area contributed by atoms with Crippen molar-refractivity contribution in [1.82, 2.24) is 0 Å². The van der Waals surface area contributed by atoms with Crippen molar-refractivity contribution < 1.29 is 8.85 Å². The normalized spacial score (nSPS) is 11.1. The van der Waals surface area contributed by atoms with Crippen LogP contribution in [0.25, 0.3) is 0 Å². The highest BCUT2D eigenvalue weighted by atomic mass is 28.2. The van der Waals surface area contributed by atoms with Crippen molar-refractivity contribution in [3.05, 3.63) is 35.4 Å². The Bertz CT molecular complexity index is 485. The second kappa shape index (κ2) is 9.57. The average Bonchev–Trinajstić information content (AvgIpc) is 2.40. The summed E-state index contributed by atoms with van der Waals surface area (Å²) in [6.07, 6.45) is 0.554. The van der Waals surface area contributed by atoms with E-state index < -0.39 is 19.5 Å². The highest BCUT2D eigenvalue weighted by Gasteiger charge is 1.92. The van der Waals surface area contributed by atoms with Gasteiger partial charge < -0.3 is 8.85 Å². The van der Waals surface area contributed by atoms with E-state index in [2.05, 4.69) is 22.9 Å². The minimum absolute atomic E-state index is 0.277. The zero-order chi connectivity index (χ0) is 14.8. The lowest BCUT2D eigenvalue weighted by atomic mass is 10.1. The van der Waals surface area contributed by atoms with Gasteiger partial charge in [-0.05, 0) is 45.9 Å². The Morgan fingerprint density at radius 1 is 0.850 bits per heavy atom. The van der Waals surface area contributed by atoms with Crippen LogP contribution in [0.1, 0.15) is 38.8 Å². The Hall–Kier alpha value is -1.31. The second-order valence-corrected chi connectivity index (χ2v) is 6.85. The summed E-state index contributed by atoms with van der Waals surface area (Å²) in [6, 6.07) is 8.02. The Labute approximate surface area is 127 Å². The van der Waals surface area contributed by atoms with Crippen LogP contribution in [0.4, 0.5) is 0 Å². The molecule has 0 aliphatic rings. The van der Waals surface area contributed by atoms with Crippen molar-refractivity contribution in [2.24, 2.45) is 0 Å². The summed E-state index contributed by atoms with van der Waals surface area (Å²) in [5.74, 6) is 6.30. The summed E-state index contributed by atoms with van der Waals surface area (Å²) < 4.78 is 11.0. The van der Waals surface area contributed by atoms with Crippen molar-refractivity contribution in [1.29, 1.82) is 0 Å². The van der Waals surface area contributed by atoms with Crippen LogP contribution in [-0.4, -0.2) is 31.7 Å². The van der Waals surface area contributed by atoms with E-state index in [-0.39, 0.29) is 12.2 Å². The van der Waals surface area contributed by atoms with Gasteiger partial charge in [0.25, 0.3) is 0 Å². The summed E-state index contributed by atoms with van der Waals surface area (Å²) in [5.41, 5.74) is 8.30. The van der Waals surface area contributed by atoms with E-state index in [0.717, 1.165) is 11.1 Å². The fourth-order valence-corrected chi connectivity index (χ4v) is 2.75. The summed E-state index contributed by atoms with van der Waals surface area (Å²) in [6.45, 7) is 8.14. The van der Waals surface area contributed by atoms with Gasteiger partial charge in [-0.25, -0.2) is 0 Å². The molecule has 1 aromatic carbocycles. The van der Waals surface area contributed by atoms with Crippen LogP contribution >= 0.6 is 0 Å². The maximum atomic E-state index is 5.52. The van der Waals surface area contributed by atoms with Gasteiger partial charge in [-0.1, -0.05) is 29.0 Å². The maximum absolute atomic E-state index is 5.52. The summed E-state index contributed by atoms with van der Waals surface area (Å²) in [5, 5.41) is 0. The molecule has 0 radical (unpaired) electrons. The smallest absolute Gasteiger partial charge is 0.241 e. The number of hydrogen-bond donors (Lipinski definition) is 0. The van der Waals surface area contributed by atoms with Gasteiger partial charge in [0.05, 0.1) is 0 Å². The lowest BCUT2D eigenvalue weighted by Crippen LogP contribution is -2.05. The van der Waals surface area contributed by atoms with Crippen LogP contribution in [0.3, 0.4) is 0 Å². The third-order valence-corrected chi connectivity index (χ3v) is 4.61. The first-order chi connectivity index (χ1) is 9.58. The zero-order valence-corrected chi connectivity index (χ0v) is 15.5. The molecule has 0 unspecified atom stereocenters. The van der Waals surface area contributed by atoms with Crippen LogP contribution in [0.15, 0.2) is 24.3 Å². The Balaban J connectivity index is 2.57. The Kier molecular flexibility index (Phi) is 8.02. The van der Waals surface area contributed by atoms with E-state index in [0.29, 0.717) is 0 Å². The molecule has 0 spiro atoms. The zero-order valence-electron chi connectivity index (χ0n) is 12.7. The third-order valence-electron chi connectivity index (χ3n) is 2.31. The van der Waals surface area contributed by atoms with Gasteiger partial charge >= 0.3 is 0 Å². The molecule has 0 atom stereocenters. The van der Waals surface area contributed by atoms with E-state index in [9.17, 15) is 0 Å². The topological polar surface area (TPSA) is 18.5 Å². The second-order valence-electron chi connectivity index (χ2n) is 4.90. The van der Waals surface area contributed by atoms with Gasteiger partial charge in [0.2, 0.25) is 19.5 Å². The molecule has 0 heterocycles. The molecular weight excluding hydrogens is 280 g/mol. The number of rotatable bonds is 4. The van der Waals surface area contributed by atoms with Crippen molar-refractivity contribution in [3.8, 4) is 22.9 Å². The summed E-state index contributed by atoms with van der Waals surface area (Å²) in [4.78, 5) is 0. The van der Waals surface area contributed by atoms with Crippen LogP contribution in [-0.2, 0) is 8.85 Å². The average molecular weight is 303 g/mol. The van der Waals surface area contributed by atoms with Crippen LogP contribution in [0.2, 0.25) is 0 Å². The predicted octanol–water partition coefficient (Wildman–Crippen LogP) is 1.32. The highest BCUT2D eigenvalue weighted by Crippen LogP contribution is 2.02. The molecule has 2 nitrogen and oxygen atoms in total. The van der Waals surface area contributed by atoms with Crippen molar-refractivity contribution in [2.75, 3.05) is 0 Å². The van der Waals surface area contributed by atoms with Gasteiger partial charge in [0.1, 0.15) is 0 Å². The quantitative estimate of drug-likeness (QED) is 0.617. The van der Waals surface area contributed by atoms with Crippen molar-refractivity contribution >= 4 is 19.5 Å². The molecule has 4 heteroatoms. The molecule has 1 aromatic rings. The Morgan fingerprint density at radius 3 is 1.70 bits per heavy atom. The molecule has 106 valence electrons. The molecule has 0 bridgehead atoms. The lowest BCUT2D eigenvalue weighted by Gasteiger charge is -2.01. The first-order valence-corrected chi connectivity index (χ1v) is 9.46. The summed E-state index contributed by atoms with van der Waals surface area (Å²) >= 11 is 0. The fraction of sp³-hybridized carbons (Fsp3) is 0.375. The highest BCUT2D eigenvalue weighted by molar-refractivity contribution is 6.39. The van der Waals surface area contributed by atoms with Crippen molar-refractivity contribution in [3.63, 3.8) is 0 Å². The standard InChI is InChI=1S/C16H22O2Si2/c1-13(2)17-19-10-8-15-6-5-7-16(12-15)9-11-20-18-14(3)4/h5-7,12-14H,19-20H2,1-4H3. The van der Waals surface area contributed by atoms with Gasteiger partial charge in [0, 0.05) is 23.3 Å². The molecule has 20 heavy (non-hydrogen) atoms. The number of hydrogen-bond acceptors (Lipinski definition) is 2. The monoisotopic (exact) mass is 302 g/mol. The van der Waals surface area contributed by atoms with E-state index in [4.69, 9.17) is 8.85 Å². The number of benzene rings is 1. The summed E-state index contributed by atoms with van der Waals surface area (Å²) in [7, 11) is -1.46.